The molecule has 2 bridgehead atoms. The zero-order valence-electron chi connectivity index (χ0n) is 8.76. The van der Waals surface area contributed by atoms with Crippen LogP contribution in [0.3, 0.4) is 0 Å². The zero-order chi connectivity index (χ0) is 8.98. The fourth-order valence-corrected chi connectivity index (χ4v) is 3.72. The predicted molar refractivity (Wildman–Crippen MR) is 57.6 cm³/mol. The molecule has 3 N–H and O–H groups in total. The maximum Gasteiger partial charge on any atom is 0.0318 e. The van der Waals surface area contributed by atoms with Crippen LogP contribution in [0.5, 0.6) is 0 Å². The highest BCUT2D eigenvalue weighted by Crippen LogP contribution is 2.62. The summed E-state index contributed by atoms with van der Waals surface area (Å²) in [5, 5.41) is 0. The second kappa shape index (κ2) is 3.11. The quantitative estimate of drug-likeness (QED) is 0.507. The van der Waals surface area contributed by atoms with E-state index in [9.17, 15) is 0 Å². The number of fused-ring (bicyclic) bond motifs is 2. The van der Waals surface area contributed by atoms with Crippen LogP contribution in [0.25, 0.3) is 0 Å². The van der Waals surface area contributed by atoms with Crippen LogP contribution >= 0.6 is 12.4 Å². The van der Waals surface area contributed by atoms with E-state index < -0.39 is 0 Å². The first kappa shape index (κ1) is 11.3. The molecule has 2 aliphatic rings. The van der Waals surface area contributed by atoms with Crippen molar-refractivity contribution in [2.45, 2.75) is 46.1 Å². The minimum absolute atomic E-state index is 0. The molecule has 2 aliphatic carbocycles. The molecule has 2 nitrogen and oxygen atoms in total. The molecule has 78 valence electrons. The summed E-state index contributed by atoms with van der Waals surface area (Å²) in [6.07, 6.45) is 4.13. The van der Waals surface area contributed by atoms with Gasteiger partial charge in [-0.2, -0.15) is 0 Å². The first-order valence-electron chi connectivity index (χ1n) is 4.97. The number of nitrogens with one attached hydrogen (secondary N) is 1. The lowest BCUT2D eigenvalue weighted by Gasteiger charge is -2.42. The molecule has 0 heterocycles. The van der Waals surface area contributed by atoms with Gasteiger partial charge in [-0.05, 0) is 36.0 Å². The fraction of sp³-hybridized carbons (Fsp3) is 1.00. The van der Waals surface area contributed by atoms with Gasteiger partial charge in [0, 0.05) is 6.04 Å². The van der Waals surface area contributed by atoms with Crippen LogP contribution in [-0.2, 0) is 0 Å². The van der Waals surface area contributed by atoms with Crippen molar-refractivity contribution in [1.29, 1.82) is 0 Å². The molecular formula is C10H21ClN2. The number of halogens is 1. The monoisotopic (exact) mass is 204 g/mol. The van der Waals surface area contributed by atoms with Crippen molar-refractivity contribution in [3.8, 4) is 0 Å². The predicted octanol–water partition coefficient (Wildman–Crippen LogP) is 2.09. The molecule has 0 spiro atoms. The van der Waals surface area contributed by atoms with Gasteiger partial charge in [0.25, 0.3) is 0 Å². The molecule has 3 unspecified atom stereocenters. The van der Waals surface area contributed by atoms with Crippen molar-refractivity contribution in [3.05, 3.63) is 0 Å². The Morgan fingerprint density at radius 1 is 1.31 bits per heavy atom. The third-order valence-corrected chi connectivity index (χ3v) is 4.44. The lowest BCUT2D eigenvalue weighted by Crippen LogP contribution is -2.53. The van der Waals surface area contributed by atoms with E-state index in [0.29, 0.717) is 16.9 Å². The van der Waals surface area contributed by atoms with E-state index in [4.69, 9.17) is 5.84 Å². The van der Waals surface area contributed by atoms with Crippen LogP contribution in [0.1, 0.15) is 40.0 Å². The Morgan fingerprint density at radius 2 is 1.92 bits per heavy atom. The minimum atomic E-state index is 0. The lowest BCUT2D eigenvalue weighted by molar-refractivity contribution is 0.110. The van der Waals surface area contributed by atoms with Gasteiger partial charge in [-0.3, -0.25) is 11.3 Å². The van der Waals surface area contributed by atoms with Crippen LogP contribution in [0, 0.1) is 16.7 Å². The fourth-order valence-electron chi connectivity index (χ4n) is 3.72. The van der Waals surface area contributed by atoms with Crippen molar-refractivity contribution in [1.82, 2.24) is 5.43 Å². The van der Waals surface area contributed by atoms with Gasteiger partial charge in [-0.1, -0.05) is 20.8 Å². The van der Waals surface area contributed by atoms with E-state index in [1.54, 1.807) is 0 Å². The Bertz CT molecular complexity index is 200. The number of rotatable bonds is 1. The highest BCUT2D eigenvalue weighted by Gasteiger charge is 2.58. The van der Waals surface area contributed by atoms with E-state index in [-0.39, 0.29) is 12.4 Å². The van der Waals surface area contributed by atoms with E-state index in [1.807, 2.05) is 0 Å². The molecule has 0 amide bonds. The van der Waals surface area contributed by atoms with Gasteiger partial charge < -0.3 is 0 Å². The molecular weight excluding hydrogens is 184 g/mol. The Morgan fingerprint density at radius 3 is 2.23 bits per heavy atom. The maximum absolute atomic E-state index is 5.63. The summed E-state index contributed by atoms with van der Waals surface area (Å²) in [5.74, 6) is 6.52. The molecule has 3 heteroatoms. The summed E-state index contributed by atoms with van der Waals surface area (Å²) in [5.41, 5.74) is 3.91. The van der Waals surface area contributed by atoms with Crippen molar-refractivity contribution < 1.29 is 0 Å². The highest BCUT2D eigenvalue weighted by atomic mass is 35.5. The molecule has 3 atom stereocenters. The van der Waals surface area contributed by atoms with Gasteiger partial charge in [0.05, 0.1) is 0 Å². The summed E-state index contributed by atoms with van der Waals surface area (Å²) in [4.78, 5) is 0. The molecule has 0 saturated heterocycles. The van der Waals surface area contributed by atoms with Gasteiger partial charge >= 0.3 is 0 Å². The van der Waals surface area contributed by atoms with Crippen LogP contribution in [-0.4, -0.2) is 6.04 Å². The summed E-state index contributed by atoms with van der Waals surface area (Å²) in [7, 11) is 0. The number of hydrogen-bond donors (Lipinski definition) is 2. The second-order valence-corrected chi connectivity index (χ2v) is 5.51. The Labute approximate surface area is 87.0 Å². The molecule has 0 aromatic carbocycles. The van der Waals surface area contributed by atoms with Crippen molar-refractivity contribution in [2.24, 2.45) is 22.6 Å². The van der Waals surface area contributed by atoms with E-state index in [1.165, 1.54) is 19.3 Å². The molecule has 2 saturated carbocycles. The number of hydrazine groups is 1. The molecule has 2 rings (SSSR count). The molecule has 0 aromatic heterocycles. The van der Waals surface area contributed by atoms with Gasteiger partial charge in [-0.15, -0.1) is 12.4 Å². The molecule has 0 aromatic rings. The van der Waals surface area contributed by atoms with E-state index in [0.717, 1.165) is 5.92 Å². The number of nitrogens with two attached hydrogens (primary N) is 1. The van der Waals surface area contributed by atoms with Crippen LogP contribution < -0.4 is 11.3 Å². The Kier molecular flexibility index (Phi) is 2.70. The summed E-state index contributed by atoms with van der Waals surface area (Å²) in [6, 6.07) is 0.517. The first-order chi connectivity index (χ1) is 5.50. The maximum atomic E-state index is 5.63. The smallest absolute Gasteiger partial charge is 0.0318 e. The standard InChI is InChI=1S/C10H20N2.ClH/c1-9(2)7-4-5-10(3,6-7)8(9)12-11;/h7-8,12H,4-6,11H2,1-3H3;1H. The topological polar surface area (TPSA) is 38.0 Å². The zero-order valence-corrected chi connectivity index (χ0v) is 9.58. The molecule has 13 heavy (non-hydrogen) atoms. The van der Waals surface area contributed by atoms with Gasteiger partial charge in [-0.25, -0.2) is 0 Å². The summed E-state index contributed by atoms with van der Waals surface area (Å²) in [6.45, 7) is 7.09. The Hall–Kier alpha value is 0.210. The van der Waals surface area contributed by atoms with Crippen molar-refractivity contribution >= 4 is 12.4 Å². The molecule has 0 aliphatic heterocycles. The SMILES string of the molecule is CC12CCC(C1)C(C)(C)C2NN.Cl. The van der Waals surface area contributed by atoms with Gasteiger partial charge in [0.15, 0.2) is 0 Å². The van der Waals surface area contributed by atoms with Crippen molar-refractivity contribution in [2.75, 3.05) is 0 Å². The Balaban J connectivity index is 0.000000845. The van der Waals surface area contributed by atoms with Crippen LogP contribution in [0.2, 0.25) is 0 Å². The highest BCUT2D eigenvalue weighted by molar-refractivity contribution is 5.85. The minimum Gasteiger partial charge on any atom is -0.271 e. The number of hydrogen-bond acceptors (Lipinski definition) is 2. The van der Waals surface area contributed by atoms with Gasteiger partial charge in [0.1, 0.15) is 0 Å². The van der Waals surface area contributed by atoms with Crippen LogP contribution in [0.4, 0.5) is 0 Å². The van der Waals surface area contributed by atoms with Crippen molar-refractivity contribution in [3.63, 3.8) is 0 Å². The largest absolute Gasteiger partial charge is 0.271 e. The molecule has 2 fully saturated rings. The normalized spacial score (nSPS) is 46.2. The average molecular weight is 205 g/mol. The third-order valence-electron chi connectivity index (χ3n) is 4.44. The third kappa shape index (κ3) is 1.31. The summed E-state index contributed by atoms with van der Waals surface area (Å²) >= 11 is 0. The van der Waals surface area contributed by atoms with Crippen LogP contribution in [0.15, 0.2) is 0 Å². The first-order valence-corrected chi connectivity index (χ1v) is 4.97. The lowest BCUT2D eigenvalue weighted by atomic mass is 9.69. The average Bonchev–Trinajstić information content (AvgIpc) is 2.39. The van der Waals surface area contributed by atoms with E-state index in [2.05, 4.69) is 26.2 Å². The summed E-state index contributed by atoms with van der Waals surface area (Å²) < 4.78 is 0. The van der Waals surface area contributed by atoms with Gasteiger partial charge in [0.2, 0.25) is 0 Å². The molecule has 0 radical (unpaired) electrons. The second-order valence-electron chi connectivity index (χ2n) is 5.51. The van der Waals surface area contributed by atoms with E-state index >= 15 is 0 Å².